The van der Waals surface area contributed by atoms with Crippen LogP contribution in [0.15, 0.2) is 66.7 Å². The molecule has 4 amide bonds. The van der Waals surface area contributed by atoms with Crippen LogP contribution in [0.3, 0.4) is 0 Å². The van der Waals surface area contributed by atoms with Crippen LogP contribution in [0, 0.1) is 0 Å². The second-order valence-corrected chi connectivity index (χ2v) is 14.5. The third-order valence-electron chi connectivity index (χ3n) is 11.4. The minimum atomic E-state index is -0.426. The fraction of sp³-hybridized carbons (Fsp3) is 0.333. The molecule has 0 atom stereocenters. The molecule has 0 N–H and O–H groups in total. The number of imide groups is 2. The first-order valence-corrected chi connectivity index (χ1v) is 19.0. The van der Waals surface area contributed by atoms with Crippen molar-refractivity contribution in [2.45, 2.75) is 84.1 Å². The topological polar surface area (TPSA) is 93.2 Å². The van der Waals surface area contributed by atoms with Gasteiger partial charge in [0.1, 0.15) is 0 Å². The van der Waals surface area contributed by atoms with Crippen molar-refractivity contribution in [3.05, 3.63) is 89.0 Å². The number of methoxy groups -OCH3 is 2. The smallest absolute Gasteiger partial charge is 0.265 e. The predicted molar refractivity (Wildman–Crippen MR) is 210 cm³/mol. The summed E-state index contributed by atoms with van der Waals surface area (Å²) in [6, 6.07) is 20.0. The lowest BCUT2D eigenvalue weighted by Gasteiger charge is -2.35. The number of hydrogen-bond donors (Lipinski definition) is 0. The van der Waals surface area contributed by atoms with Gasteiger partial charge in [0.05, 0.1) is 19.9 Å². The van der Waals surface area contributed by atoms with Crippen molar-refractivity contribution >= 4 is 72.4 Å². The van der Waals surface area contributed by atoms with E-state index in [9.17, 15) is 19.2 Å². The number of fused-ring (bicyclic) bond motifs is 2. The molecule has 2 aliphatic heterocycles. The summed E-state index contributed by atoms with van der Waals surface area (Å²) in [5.41, 5.74) is 2.34. The number of nitrogens with zero attached hydrogens (tertiary/aromatic N) is 2. The number of amides is 4. The maximum absolute atomic E-state index is 14.4. The normalized spacial score (nSPS) is 14.3. The van der Waals surface area contributed by atoms with E-state index in [0.717, 1.165) is 96.5 Å². The summed E-state index contributed by atoms with van der Waals surface area (Å²) in [4.78, 5) is 60.0. The molecule has 0 aliphatic carbocycles. The Kier molecular flexibility index (Phi) is 9.01. The van der Waals surface area contributed by atoms with Crippen LogP contribution < -0.4 is 14.4 Å². The number of rotatable bonds is 14. The summed E-state index contributed by atoms with van der Waals surface area (Å²) in [7, 11) is 3.04. The molecule has 0 radical (unpaired) electrons. The maximum Gasteiger partial charge on any atom is 0.265 e. The second kappa shape index (κ2) is 13.8. The van der Waals surface area contributed by atoms with E-state index in [4.69, 9.17) is 9.47 Å². The first-order valence-electron chi connectivity index (χ1n) is 19.0. The molecule has 0 spiro atoms. The van der Waals surface area contributed by atoms with Crippen molar-refractivity contribution in [2.75, 3.05) is 19.1 Å². The van der Waals surface area contributed by atoms with Crippen molar-refractivity contribution in [3.8, 4) is 11.5 Å². The summed E-state index contributed by atoms with van der Waals surface area (Å²) >= 11 is 0. The second-order valence-electron chi connectivity index (χ2n) is 14.5. The summed E-state index contributed by atoms with van der Waals surface area (Å²) < 4.78 is 10.8. The largest absolute Gasteiger partial charge is 0.493 e. The molecule has 0 fully saturated rings. The molecule has 270 valence electrons. The van der Waals surface area contributed by atoms with E-state index in [1.807, 2.05) is 36.4 Å². The van der Waals surface area contributed by atoms with E-state index >= 15 is 0 Å². The molecular formula is C45H44N2O6. The summed E-state index contributed by atoms with van der Waals surface area (Å²) in [6.07, 6.45) is 10.4. The average molecular weight is 709 g/mol. The number of hydrogen-bond acceptors (Lipinski definition) is 6. The molecule has 0 unspecified atom stereocenters. The van der Waals surface area contributed by atoms with Crippen molar-refractivity contribution in [1.29, 1.82) is 0 Å². The van der Waals surface area contributed by atoms with Gasteiger partial charge in [0, 0.05) is 45.1 Å². The van der Waals surface area contributed by atoms with Gasteiger partial charge in [-0.05, 0) is 81.6 Å². The average Bonchev–Trinajstić information content (AvgIpc) is 3.18. The fourth-order valence-electron chi connectivity index (χ4n) is 8.83. The van der Waals surface area contributed by atoms with Gasteiger partial charge in [0.25, 0.3) is 23.6 Å². The zero-order chi connectivity index (χ0) is 37.0. The number of carbonyl (C=O) groups is 4. The van der Waals surface area contributed by atoms with Gasteiger partial charge in [-0.15, -0.1) is 0 Å². The Morgan fingerprint density at radius 2 is 0.925 bits per heavy atom. The van der Waals surface area contributed by atoms with Gasteiger partial charge in [0.15, 0.2) is 11.5 Å². The van der Waals surface area contributed by atoms with E-state index in [2.05, 4.69) is 13.8 Å². The molecule has 0 aromatic heterocycles. The highest BCUT2D eigenvalue weighted by Gasteiger charge is 2.39. The number of carbonyl (C=O) groups excluding carboxylic acids is 4. The lowest BCUT2D eigenvalue weighted by Crippen LogP contribution is -2.47. The quantitative estimate of drug-likeness (QED) is 0.0484. The highest BCUT2D eigenvalue weighted by atomic mass is 16.5. The Hall–Kier alpha value is -5.50. The SMILES string of the molecule is CCCCCCC(CCCCCC)N1C(=O)c2ccc3c4ccc5c6c(ccc(c7ccc(c2c37)C1=O)c64)C(=O)N(c1ccc(OC)c(OC)c1)C5=O. The maximum atomic E-state index is 14.4. The summed E-state index contributed by atoms with van der Waals surface area (Å²) in [6.45, 7) is 4.38. The number of benzene rings is 6. The van der Waals surface area contributed by atoms with E-state index in [1.54, 1.807) is 35.2 Å². The molecule has 6 aromatic carbocycles. The molecule has 0 bridgehead atoms. The van der Waals surface area contributed by atoms with Crippen LogP contribution in [-0.2, 0) is 0 Å². The standard InChI is InChI=1S/C45H44N2O6/c1-5-7-9-11-13-26(14-12-10-8-6-2)46-42(48)32-20-16-28-30-18-22-34-41-35(45(51)47(44(34)50)27-15-24-36(52-3)37(25-27)53-4)23-19-31(39(30)41)29-17-21-33(43(46)49)40(32)38(28)29/h15-26H,5-14H2,1-4H3. The van der Waals surface area contributed by atoms with E-state index in [1.165, 1.54) is 19.1 Å². The lowest BCUT2D eigenvalue weighted by molar-refractivity contribution is 0.0516. The van der Waals surface area contributed by atoms with Gasteiger partial charge in [-0.3, -0.25) is 24.1 Å². The molecule has 0 saturated heterocycles. The zero-order valence-electron chi connectivity index (χ0n) is 30.8. The van der Waals surface area contributed by atoms with E-state index in [0.29, 0.717) is 50.2 Å². The lowest BCUT2D eigenvalue weighted by atomic mass is 9.82. The van der Waals surface area contributed by atoms with Gasteiger partial charge >= 0.3 is 0 Å². The first kappa shape index (κ1) is 34.6. The predicted octanol–water partition coefficient (Wildman–Crippen LogP) is 10.5. The highest BCUT2D eigenvalue weighted by Crippen LogP contribution is 2.47. The number of anilines is 1. The first-order chi connectivity index (χ1) is 25.8. The van der Waals surface area contributed by atoms with Gasteiger partial charge in [-0.2, -0.15) is 0 Å². The number of unbranched alkanes of at least 4 members (excludes halogenated alkanes) is 6. The highest BCUT2D eigenvalue weighted by molar-refractivity contribution is 6.43. The fourth-order valence-corrected chi connectivity index (χ4v) is 8.83. The molecule has 2 aliphatic rings. The molecule has 8 nitrogen and oxygen atoms in total. The van der Waals surface area contributed by atoms with Crippen molar-refractivity contribution in [3.63, 3.8) is 0 Å². The number of ether oxygens (including phenoxy) is 2. The van der Waals surface area contributed by atoms with Crippen LogP contribution in [0.25, 0.3) is 43.1 Å². The van der Waals surface area contributed by atoms with Crippen molar-refractivity contribution in [1.82, 2.24) is 4.90 Å². The monoisotopic (exact) mass is 708 g/mol. The molecule has 8 heteroatoms. The third kappa shape index (κ3) is 5.33. The van der Waals surface area contributed by atoms with Gasteiger partial charge in [-0.1, -0.05) is 89.5 Å². The Labute approximate surface area is 309 Å². The van der Waals surface area contributed by atoms with Crippen LogP contribution in [0.2, 0.25) is 0 Å². The molecule has 6 aromatic rings. The molecule has 0 saturated carbocycles. The Morgan fingerprint density at radius 1 is 0.491 bits per heavy atom. The summed E-state index contributed by atoms with van der Waals surface area (Å²) in [5.74, 6) is -0.386. The van der Waals surface area contributed by atoms with Crippen LogP contribution in [0.1, 0.15) is 119 Å². The zero-order valence-corrected chi connectivity index (χ0v) is 30.8. The Bertz CT molecular complexity index is 2330. The van der Waals surface area contributed by atoms with Gasteiger partial charge < -0.3 is 9.47 Å². The van der Waals surface area contributed by atoms with Crippen molar-refractivity contribution < 1.29 is 28.7 Å². The summed E-state index contributed by atoms with van der Waals surface area (Å²) in [5, 5.41) is 6.46. The van der Waals surface area contributed by atoms with E-state index < -0.39 is 11.8 Å². The minimum absolute atomic E-state index is 0.135. The Balaban J connectivity index is 1.25. The minimum Gasteiger partial charge on any atom is -0.493 e. The van der Waals surface area contributed by atoms with Crippen molar-refractivity contribution in [2.24, 2.45) is 0 Å². The van der Waals surface area contributed by atoms with Crippen LogP contribution >= 0.6 is 0 Å². The van der Waals surface area contributed by atoms with Crippen LogP contribution in [-0.4, -0.2) is 48.8 Å². The molecular weight excluding hydrogens is 665 g/mol. The molecule has 2 heterocycles. The Morgan fingerprint density at radius 3 is 1.34 bits per heavy atom. The third-order valence-corrected chi connectivity index (χ3v) is 11.4. The van der Waals surface area contributed by atoms with Gasteiger partial charge in [0.2, 0.25) is 0 Å². The van der Waals surface area contributed by atoms with Gasteiger partial charge in [-0.25, -0.2) is 4.90 Å². The molecule has 8 rings (SSSR count). The molecule has 53 heavy (non-hydrogen) atoms. The van der Waals surface area contributed by atoms with E-state index in [-0.39, 0.29) is 17.9 Å². The van der Waals surface area contributed by atoms with Crippen LogP contribution in [0.5, 0.6) is 11.5 Å². The van der Waals surface area contributed by atoms with Crippen LogP contribution in [0.4, 0.5) is 5.69 Å².